The highest BCUT2D eigenvalue weighted by Gasteiger charge is 2.22. The Kier molecular flexibility index (Phi) is 2.80. The van der Waals surface area contributed by atoms with Crippen LogP contribution in [0, 0.1) is 15.9 Å². The monoisotopic (exact) mass is 262 g/mol. The predicted molar refractivity (Wildman–Crippen MR) is 49.3 cm³/mol. The summed E-state index contributed by atoms with van der Waals surface area (Å²) >= 11 is 2.82. The molecule has 0 bridgehead atoms. The van der Waals surface area contributed by atoms with Crippen molar-refractivity contribution in [3.63, 3.8) is 0 Å². The summed E-state index contributed by atoms with van der Waals surface area (Å²) in [6.45, 7) is 0. The third kappa shape index (κ3) is 1.87. The van der Waals surface area contributed by atoms with Crippen LogP contribution in [-0.2, 0) is 0 Å². The van der Waals surface area contributed by atoms with Crippen molar-refractivity contribution < 1.29 is 14.1 Å². The van der Waals surface area contributed by atoms with Crippen molar-refractivity contribution in [3.8, 4) is 0 Å². The van der Waals surface area contributed by atoms with Crippen molar-refractivity contribution in [2.75, 3.05) is 0 Å². The van der Waals surface area contributed by atoms with Crippen LogP contribution in [0.1, 0.15) is 10.4 Å². The van der Waals surface area contributed by atoms with E-state index in [2.05, 4.69) is 15.9 Å². The van der Waals surface area contributed by atoms with Crippen molar-refractivity contribution in [1.29, 1.82) is 0 Å². The van der Waals surface area contributed by atoms with Gasteiger partial charge < -0.3 is 5.73 Å². The molecule has 2 N–H and O–H groups in total. The van der Waals surface area contributed by atoms with Crippen molar-refractivity contribution >= 4 is 27.5 Å². The second-order valence-corrected chi connectivity index (χ2v) is 3.26. The fourth-order valence-corrected chi connectivity index (χ4v) is 1.57. The normalized spacial score (nSPS) is 9.86. The number of hydrogen-bond acceptors (Lipinski definition) is 3. The summed E-state index contributed by atoms with van der Waals surface area (Å²) in [7, 11) is 0. The van der Waals surface area contributed by atoms with Gasteiger partial charge in [0.15, 0.2) is 0 Å². The second-order valence-electron chi connectivity index (χ2n) is 2.40. The number of nitrogens with two attached hydrogens (primary N) is 1. The maximum Gasteiger partial charge on any atom is 0.286 e. The predicted octanol–water partition coefficient (Wildman–Crippen LogP) is 1.60. The van der Waals surface area contributed by atoms with Gasteiger partial charge in [0, 0.05) is 4.47 Å². The first kappa shape index (κ1) is 10.6. The molecule has 0 saturated carbocycles. The zero-order valence-corrected chi connectivity index (χ0v) is 8.25. The molecule has 0 radical (unpaired) electrons. The number of rotatable bonds is 2. The minimum absolute atomic E-state index is 0.0308. The summed E-state index contributed by atoms with van der Waals surface area (Å²) in [6, 6.07) is 1.58. The van der Waals surface area contributed by atoms with E-state index >= 15 is 0 Å². The lowest BCUT2D eigenvalue weighted by atomic mass is 10.1. The average Bonchev–Trinajstić information content (AvgIpc) is 2.01. The first-order chi connectivity index (χ1) is 6.43. The molecule has 0 aliphatic heterocycles. The van der Waals surface area contributed by atoms with Gasteiger partial charge in [0.25, 0.3) is 11.6 Å². The highest BCUT2D eigenvalue weighted by atomic mass is 79.9. The van der Waals surface area contributed by atoms with Gasteiger partial charge in [0.2, 0.25) is 0 Å². The van der Waals surface area contributed by atoms with Gasteiger partial charge >= 0.3 is 0 Å². The smallest absolute Gasteiger partial charge is 0.286 e. The van der Waals surface area contributed by atoms with Crippen LogP contribution in [0.15, 0.2) is 16.6 Å². The van der Waals surface area contributed by atoms with Crippen LogP contribution in [-0.4, -0.2) is 10.8 Å². The zero-order chi connectivity index (χ0) is 10.9. The maximum absolute atomic E-state index is 12.7. The van der Waals surface area contributed by atoms with E-state index in [1.807, 2.05) is 0 Å². The molecule has 0 saturated heterocycles. The lowest BCUT2D eigenvalue weighted by Gasteiger charge is -2.01. The molecule has 0 aliphatic rings. The van der Waals surface area contributed by atoms with Crippen molar-refractivity contribution in [1.82, 2.24) is 0 Å². The van der Waals surface area contributed by atoms with Crippen LogP contribution < -0.4 is 5.73 Å². The molecular weight excluding hydrogens is 259 g/mol. The third-order valence-electron chi connectivity index (χ3n) is 1.48. The Morgan fingerprint density at radius 3 is 2.57 bits per heavy atom. The number of nitrogens with zero attached hydrogens (tertiary/aromatic N) is 1. The van der Waals surface area contributed by atoms with E-state index < -0.39 is 22.3 Å². The van der Waals surface area contributed by atoms with Crippen LogP contribution in [0.25, 0.3) is 0 Å². The molecule has 14 heavy (non-hydrogen) atoms. The summed E-state index contributed by atoms with van der Waals surface area (Å²) in [4.78, 5) is 20.4. The van der Waals surface area contributed by atoms with E-state index in [0.29, 0.717) is 6.07 Å². The van der Waals surface area contributed by atoms with Gasteiger partial charge in [-0.25, -0.2) is 4.39 Å². The molecule has 0 unspecified atom stereocenters. The second kappa shape index (κ2) is 3.70. The Bertz CT molecular complexity index is 422. The molecule has 74 valence electrons. The molecule has 1 amide bonds. The number of hydrogen-bond donors (Lipinski definition) is 1. The molecule has 1 aromatic carbocycles. The topological polar surface area (TPSA) is 86.2 Å². The van der Waals surface area contributed by atoms with E-state index in [-0.39, 0.29) is 10.0 Å². The van der Waals surface area contributed by atoms with Crippen LogP contribution in [0.3, 0.4) is 0 Å². The molecule has 7 heteroatoms. The molecule has 0 atom stereocenters. The molecule has 0 fully saturated rings. The number of halogens is 2. The molecule has 5 nitrogen and oxygen atoms in total. The molecule has 1 rings (SSSR count). The Hall–Kier alpha value is -1.50. The Labute approximate surface area is 86.0 Å². The number of carbonyl (C=O) groups is 1. The van der Waals surface area contributed by atoms with Crippen molar-refractivity contribution in [3.05, 3.63) is 38.1 Å². The SMILES string of the molecule is NC(=O)c1c(Br)cc(F)cc1[N+](=O)[O-]. The quantitative estimate of drug-likeness (QED) is 0.649. The average molecular weight is 263 g/mol. The van der Waals surface area contributed by atoms with Gasteiger partial charge in [-0.2, -0.15) is 0 Å². The summed E-state index contributed by atoms with van der Waals surface area (Å²) < 4.78 is 12.7. The van der Waals surface area contributed by atoms with Gasteiger partial charge in [-0.3, -0.25) is 14.9 Å². The molecule has 0 aromatic heterocycles. The summed E-state index contributed by atoms with van der Waals surface area (Å²) in [5.41, 5.74) is 3.92. The fraction of sp³-hybridized carbons (Fsp3) is 0. The molecule has 0 aliphatic carbocycles. The lowest BCUT2D eigenvalue weighted by molar-refractivity contribution is -0.385. The number of nitro benzene ring substituents is 1. The summed E-state index contributed by atoms with van der Waals surface area (Å²) in [5, 5.41) is 10.4. The Morgan fingerprint density at radius 2 is 2.14 bits per heavy atom. The van der Waals surface area contributed by atoms with Gasteiger partial charge in [-0.05, 0) is 22.0 Å². The van der Waals surface area contributed by atoms with Crippen LogP contribution in [0.5, 0.6) is 0 Å². The largest absolute Gasteiger partial charge is 0.365 e. The third-order valence-corrected chi connectivity index (χ3v) is 2.10. The van der Waals surface area contributed by atoms with Gasteiger partial charge in [0.1, 0.15) is 11.4 Å². The van der Waals surface area contributed by atoms with Crippen molar-refractivity contribution in [2.45, 2.75) is 0 Å². The zero-order valence-electron chi connectivity index (χ0n) is 6.66. The van der Waals surface area contributed by atoms with Crippen molar-refractivity contribution in [2.24, 2.45) is 5.73 Å². The van der Waals surface area contributed by atoms with E-state index in [0.717, 1.165) is 6.07 Å². The summed E-state index contributed by atoms with van der Waals surface area (Å²) in [6.07, 6.45) is 0. The number of nitro groups is 1. The standard InChI is InChI=1S/C7H4BrFN2O3/c8-4-1-3(9)2-5(11(13)14)6(4)7(10)12/h1-2H,(H2,10,12). The maximum atomic E-state index is 12.7. The number of carbonyl (C=O) groups excluding carboxylic acids is 1. The minimum atomic E-state index is -0.983. The molecule has 0 spiro atoms. The van der Waals surface area contributed by atoms with E-state index in [1.165, 1.54) is 0 Å². The van der Waals surface area contributed by atoms with Crippen LogP contribution >= 0.6 is 15.9 Å². The highest BCUT2D eigenvalue weighted by Crippen LogP contribution is 2.27. The molecular formula is C7H4BrFN2O3. The number of primary amides is 1. The van der Waals surface area contributed by atoms with Gasteiger partial charge in [-0.1, -0.05) is 0 Å². The number of amides is 1. The number of benzene rings is 1. The summed E-state index contributed by atoms with van der Waals surface area (Å²) in [5.74, 6) is -1.79. The Balaban J connectivity index is 3.52. The molecule has 1 aromatic rings. The van der Waals surface area contributed by atoms with E-state index in [9.17, 15) is 19.3 Å². The van der Waals surface area contributed by atoms with E-state index in [4.69, 9.17) is 5.73 Å². The lowest BCUT2D eigenvalue weighted by Crippen LogP contribution is -2.14. The van der Waals surface area contributed by atoms with E-state index in [1.54, 1.807) is 0 Å². The minimum Gasteiger partial charge on any atom is -0.365 e. The van der Waals surface area contributed by atoms with Crippen LogP contribution in [0.4, 0.5) is 10.1 Å². The first-order valence-corrected chi connectivity index (χ1v) is 4.16. The van der Waals surface area contributed by atoms with Gasteiger partial charge in [0.05, 0.1) is 11.0 Å². The van der Waals surface area contributed by atoms with Gasteiger partial charge in [-0.15, -0.1) is 0 Å². The highest BCUT2D eigenvalue weighted by molar-refractivity contribution is 9.10. The molecule has 0 heterocycles. The Morgan fingerprint density at radius 1 is 1.57 bits per heavy atom. The van der Waals surface area contributed by atoms with Crippen LogP contribution in [0.2, 0.25) is 0 Å². The first-order valence-electron chi connectivity index (χ1n) is 3.36. The fourth-order valence-electron chi connectivity index (χ4n) is 0.948.